The highest BCUT2D eigenvalue weighted by molar-refractivity contribution is 5.58. The van der Waals surface area contributed by atoms with E-state index in [9.17, 15) is 4.79 Å². The quantitative estimate of drug-likeness (QED) is 0.719. The smallest absolute Gasteiger partial charge is 0.217 e. The Kier molecular flexibility index (Phi) is 3.00. The van der Waals surface area contributed by atoms with Gasteiger partial charge in [-0.25, -0.2) is 0 Å². The van der Waals surface area contributed by atoms with Crippen LogP contribution in [0.4, 0.5) is 0 Å². The van der Waals surface area contributed by atoms with Gasteiger partial charge < -0.3 is 5.73 Å². The molecule has 0 aliphatic carbocycles. The second-order valence-electron chi connectivity index (χ2n) is 2.91. The molecule has 0 spiro atoms. The lowest BCUT2D eigenvalue weighted by molar-refractivity contribution is 0.541. The van der Waals surface area contributed by atoms with E-state index in [1.54, 1.807) is 6.29 Å². The summed E-state index contributed by atoms with van der Waals surface area (Å²) in [7, 11) is 0. The molecule has 1 radical (unpaired) electrons. The molecule has 0 fully saturated rings. The minimum Gasteiger partial charge on any atom is -0.321 e. The summed E-state index contributed by atoms with van der Waals surface area (Å²) < 4.78 is 0. The Balaban J connectivity index is 2.64. The number of benzene rings is 1. The van der Waals surface area contributed by atoms with Crippen molar-refractivity contribution in [3.63, 3.8) is 0 Å². The number of aryl methyl sites for hydroxylation is 1. The van der Waals surface area contributed by atoms with Crippen LogP contribution in [0.2, 0.25) is 0 Å². The first kappa shape index (κ1) is 8.94. The third kappa shape index (κ3) is 2.47. The van der Waals surface area contributed by atoms with Gasteiger partial charge in [-0.05, 0) is 18.9 Å². The molecule has 0 bridgehead atoms. The number of rotatable bonds is 3. The molecule has 0 aliphatic rings. The highest BCUT2D eigenvalue weighted by Gasteiger charge is 2.01. The molecule has 12 heavy (non-hydrogen) atoms. The van der Waals surface area contributed by atoms with E-state index in [-0.39, 0.29) is 0 Å². The van der Waals surface area contributed by atoms with E-state index in [4.69, 9.17) is 5.73 Å². The Hall–Kier alpha value is -1.15. The van der Waals surface area contributed by atoms with Crippen molar-refractivity contribution in [1.29, 1.82) is 0 Å². The third-order valence-electron chi connectivity index (χ3n) is 1.73. The van der Waals surface area contributed by atoms with Gasteiger partial charge in [0.2, 0.25) is 6.29 Å². The van der Waals surface area contributed by atoms with Gasteiger partial charge >= 0.3 is 0 Å². The molecule has 2 heteroatoms. The van der Waals surface area contributed by atoms with Gasteiger partial charge in [0, 0.05) is 0 Å². The molecular formula is C10H12NO. The first-order valence-corrected chi connectivity index (χ1v) is 3.91. The average Bonchev–Trinajstić information content (AvgIpc) is 2.09. The van der Waals surface area contributed by atoms with Crippen LogP contribution in [0.25, 0.3) is 0 Å². The van der Waals surface area contributed by atoms with Crippen molar-refractivity contribution < 1.29 is 4.79 Å². The number of nitrogens with two attached hydrogens (primary N) is 1. The average molecular weight is 162 g/mol. The summed E-state index contributed by atoms with van der Waals surface area (Å²) in [6.07, 6.45) is 2.33. The summed E-state index contributed by atoms with van der Waals surface area (Å²) in [6, 6.07) is 7.48. The number of hydrogen-bond donors (Lipinski definition) is 1. The van der Waals surface area contributed by atoms with Crippen molar-refractivity contribution in [2.24, 2.45) is 5.73 Å². The van der Waals surface area contributed by atoms with Crippen molar-refractivity contribution in [2.75, 3.05) is 0 Å². The zero-order valence-corrected chi connectivity index (χ0v) is 7.08. The van der Waals surface area contributed by atoms with Crippen LogP contribution in [0.1, 0.15) is 11.1 Å². The topological polar surface area (TPSA) is 43.1 Å². The third-order valence-corrected chi connectivity index (χ3v) is 1.73. The lowest BCUT2D eigenvalue weighted by Gasteiger charge is -2.02. The maximum atomic E-state index is 10.1. The van der Waals surface area contributed by atoms with Gasteiger partial charge in [0.1, 0.15) is 0 Å². The SMILES string of the molecule is Cc1ccc(CC(N)[C]=O)cc1. The van der Waals surface area contributed by atoms with Crippen molar-refractivity contribution in [3.05, 3.63) is 35.4 Å². The zero-order valence-electron chi connectivity index (χ0n) is 7.08. The molecule has 0 aliphatic heterocycles. The molecule has 1 aromatic rings. The Morgan fingerprint density at radius 1 is 1.42 bits per heavy atom. The van der Waals surface area contributed by atoms with Crippen LogP contribution < -0.4 is 5.73 Å². The van der Waals surface area contributed by atoms with Gasteiger partial charge in [0.05, 0.1) is 6.04 Å². The van der Waals surface area contributed by atoms with Gasteiger partial charge in [-0.3, -0.25) is 4.79 Å². The molecule has 63 valence electrons. The first-order valence-electron chi connectivity index (χ1n) is 3.91. The highest BCUT2D eigenvalue weighted by atomic mass is 16.1. The summed E-state index contributed by atoms with van der Waals surface area (Å²) in [5, 5.41) is 0. The van der Waals surface area contributed by atoms with E-state index in [0.717, 1.165) is 5.56 Å². The second-order valence-corrected chi connectivity index (χ2v) is 2.91. The van der Waals surface area contributed by atoms with Crippen LogP contribution >= 0.6 is 0 Å². The van der Waals surface area contributed by atoms with Gasteiger partial charge in [-0.2, -0.15) is 0 Å². The predicted octanol–water partition coefficient (Wildman–Crippen LogP) is 0.975. The molecule has 0 heterocycles. The molecule has 0 amide bonds. The van der Waals surface area contributed by atoms with Crippen LogP contribution in [0, 0.1) is 6.92 Å². The van der Waals surface area contributed by atoms with Crippen molar-refractivity contribution in [2.45, 2.75) is 19.4 Å². The molecular weight excluding hydrogens is 150 g/mol. The van der Waals surface area contributed by atoms with Crippen LogP contribution in [0.15, 0.2) is 24.3 Å². The Labute approximate surface area is 72.4 Å². The van der Waals surface area contributed by atoms with Gasteiger partial charge in [-0.1, -0.05) is 29.8 Å². The number of hydrogen-bond acceptors (Lipinski definition) is 2. The van der Waals surface area contributed by atoms with Gasteiger partial charge in [-0.15, -0.1) is 0 Å². The fourth-order valence-corrected chi connectivity index (χ4v) is 1.02. The van der Waals surface area contributed by atoms with Crippen LogP contribution in [0.3, 0.4) is 0 Å². The molecule has 0 saturated heterocycles. The largest absolute Gasteiger partial charge is 0.321 e. The molecule has 1 rings (SSSR count). The number of carbonyl (C=O) groups excluding carboxylic acids is 1. The van der Waals surface area contributed by atoms with Crippen molar-refractivity contribution >= 4 is 6.29 Å². The summed E-state index contributed by atoms with van der Waals surface area (Å²) in [5.41, 5.74) is 7.71. The first-order chi connectivity index (χ1) is 5.72. The van der Waals surface area contributed by atoms with E-state index in [2.05, 4.69) is 0 Å². The molecule has 2 nitrogen and oxygen atoms in total. The fourth-order valence-electron chi connectivity index (χ4n) is 1.02. The summed E-state index contributed by atoms with van der Waals surface area (Å²) >= 11 is 0. The second kappa shape index (κ2) is 4.02. The van der Waals surface area contributed by atoms with E-state index in [1.807, 2.05) is 31.2 Å². The molecule has 1 atom stereocenters. The van der Waals surface area contributed by atoms with E-state index in [0.29, 0.717) is 6.42 Å². The van der Waals surface area contributed by atoms with E-state index >= 15 is 0 Å². The van der Waals surface area contributed by atoms with Crippen molar-refractivity contribution in [3.8, 4) is 0 Å². The van der Waals surface area contributed by atoms with E-state index < -0.39 is 6.04 Å². The maximum absolute atomic E-state index is 10.1. The molecule has 0 aromatic heterocycles. The normalized spacial score (nSPS) is 12.5. The summed E-state index contributed by atoms with van der Waals surface area (Å²) in [5.74, 6) is 0. The fraction of sp³-hybridized carbons (Fsp3) is 0.300. The van der Waals surface area contributed by atoms with E-state index in [1.165, 1.54) is 5.56 Å². The lowest BCUT2D eigenvalue weighted by Crippen LogP contribution is -2.23. The predicted molar refractivity (Wildman–Crippen MR) is 48.6 cm³/mol. The standard InChI is InChI=1S/C10H12NO/c1-8-2-4-9(5-3-8)6-10(11)7-12/h2-5,10H,6,11H2,1H3. The van der Waals surface area contributed by atoms with Gasteiger partial charge in [0.25, 0.3) is 0 Å². The Bertz CT molecular complexity index is 253. The summed E-state index contributed by atoms with van der Waals surface area (Å²) in [4.78, 5) is 10.1. The minimum absolute atomic E-state index is 0.493. The van der Waals surface area contributed by atoms with Crippen molar-refractivity contribution in [1.82, 2.24) is 0 Å². The monoisotopic (exact) mass is 162 g/mol. The molecule has 1 unspecified atom stereocenters. The Morgan fingerprint density at radius 2 is 2.00 bits per heavy atom. The maximum Gasteiger partial charge on any atom is 0.217 e. The summed E-state index contributed by atoms with van der Waals surface area (Å²) in [6.45, 7) is 2.02. The van der Waals surface area contributed by atoms with Gasteiger partial charge in [0.15, 0.2) is 0 Å². The molecule has 2 N–H and O–H groups in total. The van der Waals surface area contributed by atoms with Crippen LogP contribution in [0.5, 0.6) is 0 Å². The molecule has 1 aromatic carbocycles. The lowest BCUT2D eigenvalue weighted by atomic mass is 10.1. The highest BCUT2D eigenvalue weighted by Crippen LogP contribution is 2.04. The molecule has 0 saturated carbocycles. The zero-order chi connectivity index (χ0) is 8.97. The van der Waals surface area contributed by atoms with Crippen LogP contribution in [-0.2, 0) is 11.2 Å². The minimum atomic E-state index is -0.493. The van der Waals surface area contributed by atoms with Crippen LogP contribution in [-0.4, -0.2) is 12.3 Å². The Morgan fingerprint density at radius 3 is 2.50 bits per heavy atom.